The zero-order chi connectivity index (χ0) is 20.0. The van der Waals surface area contributed by atoms with Gasteiger partial charge in [0.2, 0.25) is 11.8 Å². The first kappa shape index (κ1) is 20.9. The minimum Gasteiger partial charge on any atom is -0.356 e. The molecule has 1 aromatic rings. The van der Waals surface area contributed by atoms with Crippen LogP contribution in [0.1, 0.15) is 57.3 Å². The Hall–Kier alpha value is -2.37. The topological polar surface area (TPSA) is 78.5 Å². The van der Waals surface area contributed by atoms with Gasteiger partial charge < -0.3 is 15.5 Å². The third kappa shape index (κ3) is 5.81. The lowest BCUT2D eigenvalue weighted by atomic mass is 9.95. The molecule has 1 fully saturated rings. The Morgan fingerprint density at radius 3 is 2.41 bits per heavy atom. The molecule has 1 heterocycles. The van der Waals surface area contributed by atoms with Crippen LogP contribution in [0.3, 0.4) is 0 Å². The lowest BCUT2D eigenvalue weighted by Gasteiger charge is -2.32. The summed E-state index contributed by atoms with van der Waals surface area (Å²) in [7, 11) is 0. The van der Waals surface area contributed by atoms with Gasteiger partial charge in [0, 0.05) is 36.3 Å². The van der Waals surface area contributed by atoms with Gasteiger partial charge in [0.1, 0.15) is 0 Å². The van der Waals surface area contributed by atoms with E-state index in [-0.39, 0.29) is 23.6 Å². The van der Waals surface area contributed by atoms with Crippen molar-refractivity contribution in [2.24, 2.45) is 11.3 Å². The first-order valence-electron chi connectivity index (χ1n) is 9.71. The maximum absolute atomic E-state index is 12.8. The van der Waals surface area contributed by atoms with Crippen LogP contribution in [0.4, 0.5) is 5.69 Å². The molecule has 6 nitrogen and oxygen atoms in total. The van der Waals surface area contributed by atoms with Gasteiger partial charge in [-0.1, -0.05) is 27.7 Å². The molecule has 1 atom stereocenters. The van der Waals surface area contributed by atoms with Gasteiger partial charge >= 0.3 is 0 Å². The average Bonchev–Trinajstić information content (AvgIpc) is 2.65. The van der Waals surface area contributed by atoms with Crippen molar-refractivity contribution in [2.75, 3.05) is 25.0 Å². The van der Waals surface area contributed by atoms with Crippen molar-refractivity contribution in [3.8, 4) is 0 Å². The predicted octanol–water partition coefficient (Wildman–Crippen LogP) is 3.05. The number of carbonyl (C=O) groups excluding carboxylic acids is 3. The van der Waals surface area contributed by atoms with Crippen LogP contribution in [-0.2, 0) is 9.59 Å². The van der Waals surface area contributed by atoms with E-state index in [0.29, 0.717) is 30.9 Å². The summed E-state index contributed by atoms with van der Waals surface area (Å²) in [5.41, 5.74) is 0.760. The van der Waals surface area contributed by atoms with Crippen LogP contribution in [0.15, 0.2) is 24.3 Å². The highest BCUT2D eigenvalue weighted by Gasteiger charge is 2.28. The van der Waals surface area contributed by atoms with E-state index in [2.05, 4.69) is 10.6 Å². The molecule has 1 unspecified atom stereocenters. The number of rotatable bonds is 5. The Bertz CT molecular complexity index is 677. The van der Waals surface area contributed by atoms with Crippen LogP contribution in [0, 0.1) is 11.3 Å². The zero-order valence-corrected chi connectivity index (χ0v) is 16.8. The van der Waals surface area contributed by atoms with E-state index < -0.39 is 5.41 Å². The van der Waals surface area contributed by atoms with Crippen LogP contribution in [0.2, 0.25) is 0 Å². The smallest absolute Gasteiger partial charge is 0.253 e. The molecule has 148 valence electrons. The SMILES string of the molecule is CCCNC(=O)C1CCCN(C(=O)c2ccc(NC(=O)C(C)(C)C)cc2)C1. The number of carbonyl (C=O) groups is 3. The van der Waals surface area contributed by atoms with Crippen LogP contribution in [-0.4, -0.2) is 42.3 Å². The minimum absolute atomic E-state index is 0.0367. The maximum atomic E-state index is 12.8. The van der Waals surface area contributed by atoms with Crippen molar-refractivity contribution in [2.45, 2.75) is 47.0 Å². The average molecular weight is 373 g/mol. The Kier molecular flexibility index (Phi) is 6.99. The number of amides is 3. The van der Waals surface area contributed by atoms with Gasteiger partial charge in [-0.15, -0.1) is 0 Å². The number of nitrogens with zero attached hydrogens (tertiary/aromatic N) is 1. The summed E-state index contributed by atoms with van der Waals surface area (Å²) in [6.07, 6.45) is 2.55. The number of anilines is 1. The number of nitrogens with one attached hydrogen (secondary N) is 2. The van der Waals surface area contributed by atoms with Crippen molar-refractivity contribution in [3.63, 3.8) is 0 Å². The van der Waals surface area contributed by atoms with Crippen molar-refractivity contribution in [1.82, 2.24) is 10.2 Å². The Labute approximate surface area is 161 Å². The highest BCUT2D eigenvalue weighted by atomic mass is 16.2. The van der Waals surface area contributed by atoms with Crippen molar-refractivity contribution >= 4 is 23.4 Å². The summed E-state index contributed by atoms with van der Waals surface area (Å²) >= 11 is 0. The molecule has 1 aliphatic rings. The zero-order valence-electron chi connectivity index (χ0n) is 16.8. The lowest BCUT2D eigenvalue weighted by molar-refractivity contribution is -0.126. The van der Waals surface area contributed by atoms with Crippen LogP contribution in [0.5, 0.6) is 0 Å². The van der Waals surface area contributed by atoms with Gasteiger partial charge in [-0.2, -0.15) is 0 Å². The summed E-state index contributed by atoms with van der Waals surface area (Å²) < 4.78 is 0. The van der Waals surface area contributed by atoms with Crippen molar-refractivity contribution in [1.29, 1.82) is 0 Å². The quantitative estimate of drug-likeness (QED) is 0.833. The summed E-state index contributed by atoms with van der Waals surface area (Å²) in [6.45, 7) is 9.36. The molecule has 2 N–H and O–H groups in total. The number of piperidine rings is 1. The van der Waals surface area contributed by atoms with E-state index in [1.807, 2.05) is 27.7 Å². The highest BCUT2D eigenvalue weighted by molar-refractivity contribution is 5.97. The molecule has 0 bridgehead atoms. The fourth-order valence-corrected chi connectivity index (χ4v) is 2.97. The first-order valence-corrected chi connectivity index (χ1v) is 9.71. The molecule has 0 radical (unpaired) electrons. The van der Waals surface area contributed by atoms with Gasteiger partial charge in [0.25, 0.3) is 5.91 Å². The number of benzene rings is 1. The molecular formula is C21H31N3O3. The van der Waals surface area contributed by atoms with E-state index in [1.54, 1.807) is 29.2 Å². The van der Waals surface area contributed by atoms with Crippen LogP contribution >= 0.6 is 0 Å². The molecule has 1 saturated heterocycles. The van der Waals surface area contributed by atoms with Crippen LogP contribution in [0.25, 0.3) is 0 Å². The maximum Gasteiger partial charge on any atom is 0.253 e. The normalized spacial score (nSPS) is 17.3. The van der Waals surface area contributed by atoms with Gasteiger partial charge in [-0.3, -0.25) is 14.4 Å². The van der Waals surface area contributed by atoms with Crippen molar-refractivity contribution in [3.05, 3.63) is 29.8 Å². The van der Waals surface area contributed by atoms with Gasteiger partial charge in [-0.25, -0.2) is 0 Å². The van der Waals surface area contributed by atoms with Gasteiger partial charge in [-0.05, 0) is 43.5 Å². The minimum atomic E-state index is -0.477. The van der Waals surface area contributed by atoms with Crippen LogP contribution < -0.4 is 10.6 Å². The lowest BCUT2D eigenvalue weighted by Crippen LogP contribution is -2.45. The van der Waals surface area contributed by atoms with E-state index >= 15 is 0 Å². The predicted molar refractivity (Wildman–Crippen MR) is 106 cm³/mol. The fourth-order valence-electron chi connectivity index (χ4n) is 2.97. The summed E-state index contributed by atoms with van der Waals surface area (Å²) in [5.74, 6) is -0.246. The molecule has 0 spiro atoms. The summed E-state index contributed by atoms with van der Waals surface area (Å²) in [6, 6.07) is 6.93. The largest absolute Gasteiger partial charge is 0.356 e. The van der Waals surface area contributed by atoms with E-state index in [0.717, 1.165) is 19.3 Å². The molecular weight excluding hydrogens is 342 g/mol. The van der Waals surface area contributed by atoms with Gasteiger partial charge in [0.05, 0.1) is 5.92 Å². The first-order chi connectivity index (χ1) is 12.7. The second-order valence-electron chi connectivity index (χ2n) is 8.16. The molecule has 0 aromatic heterocycles. The third-order valence-corrected chi connectivity index (χ3v) is 4.70. The molecule has 6 heteroatoms. The molecule has 2 rings (SSSR count). The van der Waals surface area contributed by atoms with Crippen molar-refractivity contribution < 1.29 is 14.4 Å². The summed E-state index contributed by atoms with van der Waals surface area (Å²) in [4.78, 5) is 38.8. The molecule has 3 amide bonds. The highest BCUT2D eigenvalue weighted by Crippen LogP contribution is 2.21. The fraction of sp³-hybridized carbons (Fsp3) is 0.571. The monoisotopic (exact) mass is 373 g/mol. The number of likely N-dealkylation sites (tertiary alicyclic amines) is 1. The second kappa shape index (κ2) is 9.02. The Morgan fingerprint density at radius 1 is 1.15 bits per heavy atom. The number of hydrogen-bond acceptors (Lipinski definition) is 3. The molecule has 1 aliphatic heterocycles. The molecule has 1 aromatic carbocycles. The second-order valence-corrected chi connectivity index (χ2v) is 8.16. The number of hydrogen-bond donors (Lipinski definition) is 2. The molecule has 27 heavy (non-hydrogen) atoms. The Morgan fingerprint density at radius 2 is 1.81 bits per heavy atom. The summed E-state index contributed by atoms with van der Waals surface area (Å²) in [5, 5.41) is 5.77. The van der Waals surface area contributed by atoms with E-state index in [1.165, 1.54) is 0 Å². The van der Waals surface area contributed by atoms with E-state index in [9.17, 15) is 14.4 Å². The third-order valence-electron chi connectivity index (χ3n) is 4.70. The molecule has 0 saturated carbocycles. The Balaban J connectivity index is 1.98. The van der Waals surface area contributed by atoms with E-state index in [4.69, 9.17) is 0 Å². The molecule has 0 aliphatic carbocycles. The van der Waals surface area contributed by atoms with Gasteiger partial charge in [0.15, 0.2) is 0 Å². The standard InChI is InChI=1S/C21H31N3O3/c1-5-12-22-18(25)16-7-6-13-24(14-16)19(26)15-8-10-17(11-9-15)23-20(27)21(2,3)4/h8-11,16H,5-7,12-14H2,1-4H3,(H,22,25)(H,23,27).